The molecule has 2 atom stereocenters. The molecule has 0 saturated carbocycles. The average molecular weight is 360 g/mol. The summed E-state index contributed by atoms with van der Waals surface area (Å²) in [5, 5.41) is 12.6. The SMILES string of the molecule is Cc1cc(N2CCC[C@]3(CN(C)CC[C@@H]3O)C2)nc2cc(Cl)ccc12. The summed E-state index contributed by atoms with van der Waals surface area (Å²) in [6.07, 6.45) is 2.83. The van der Waals surface area contributed by atoms with Gasteiger partial charge >= 0.3 is 0 Å². The van der Waals surface area contributed by atoms with Crippen molar-refractivity contribution < 1.29 is 5.11 Å². The van der Waals surface area contributed by atoms with Crippen molar-refractivity contribution in [2.24, 2.45) is 5.41 Å². The zero-order valence-electron chi connectivity index (χ0n) is 15.0. The van der Waals surface area contributed by atoms with Crippen LogP contribution in [0.4, 0.5) is 5.82 Å². The number of nitrogens with zero attached hydrogens (tertiary/aromatic N) is 3. The summed E-state index contributed by atoms with van der Waals surface area (Å²) in [6, 6.07) is 8.08. The fourth-order valence-electron chi connectivity index (χ4n) is 4.65. The molecule has 1 aromatic carbocycles. The molecule has 0 unspecified atom stereocenters. The van der Waals surface area contributed by atoms with E-state index in [4.69, 9.17) is 16.6 Å². The molecule has 25 heavy (non-hydrogen) atoms. The summed E-state index contributed by atoms with van der Waals surface area (Å²) in [5.41, 5.74) is 2.13. The number of aryl methyl sites for hydroxylation is 1. The molecule has 2 aliphatic rings. The van der Waals surface area contributed by atoms with Gasteiger partial charge in [0.15, 0.2) is 0 Å². The molecule has 2 fully saturated rings. The van der Waals surface area contributed by atoms with Gasteiger partial charge in [0.25, 0.3) is 0 Å². The Balaban J connectivity index is 1.68. The van der Waals surface area contributed by atoms with Crippen molar-refractivity contribution in [2.75, 3.05) is 38.1 Å². The second-order valence-electron chi connectivity index (χ2n) is 7.89. The smallest absolute Gasteiger partial charge is 0.129 e. The Bertz CT molecular complexity index is 796. The van der Waals surface area contributed by atoms with Crippen LogP contribution in [0.1, 0.15) is 24.8 Å². The van der Waals surface area contributed by atoms with E-state index in [1.807, 2.05) is 18.2 Å². The van der Waals surface area contributed by atoms with Gasteiger partial charge in [-0.3, -0.25) is 0 Å². The third-order valence-corrected chi connectivity index (χ3v) is 6.21. The summed E-state index contributed by atoms with van der Waals surface area (Å²) in [5.74, 6) is 1.01. The monoisotopic (exact) mass is 359 g/mol. The topological polar surface area (TPSA) is 39.6 Å². The van der Waals surface area contributed by atoms with E-state index >= 15 is 0 Å². The first-order chi connectivity index (χ1) is 12.0. The fourth-order valence-corrected chi connectivity index (χ4v) is 4.81. The second-order valence-corrected chi connectivity index (χ2v) is 8.32. The van der Waals surface area contributed by atoms with Crippen LogP contribution in [-0.4, -0.2) is 54.3 Å². The van der Waals surface area contributed by atoms with Crippen LogP contribution in [0.2, 0.25) is 5.02 Å². The summed E-state index contributed by atoms with van der Waals surface area (Å²) in [7, 11) is 2.16. The molecule has 0 radical (unpaired) electrons. The number of fused-ring (bicyclic) bond motifs is 1. The molecule has 2 saturated heterocycles. The number of rotatable bonds is 1. The van der Waals surface area contributed by atoms with Gasteiger partial charge in [-0.25, -0.2) is 4.98 Å². The van der Waals surface area contributed by atoms with E-state index in [2.05, 4.69) is 29.8 Å². The number of hydrogen-bond acceptors (Lipinski definition) is 4. The second kappa shape index (κ2) is 6.42. The predicted octanol–water partition coefficient (Wildman–Crippen LogP) is 3.48. The highest BCUT2D eigenvalue weighted by Gasteiger charge is 2.45. The predicted molar refractivity (Wildman–Crippen MR) is 103 cm³/mol. The van der Waals surface area contributed by atoms with E-state index in [1.165, 1.54) is 5.56 Å². The lowest BCUT2D eigenvalue weighted by atomic mass is 9.71. The van der Waals surface area contributed by atoms with Crippen LogP contribution in [0.15, 0.2) is 24.3 Å². The highest BCUT2D eigenvalue weighted by molar-refractivity contribution is 6.31. The fraction of sp³-hybridized carbons (Fsp3) is 0.550. The van der Waals surface area contributed by atoms with E-state index in [9.17, 15) is 5.11 Å². The average Bonchev–Trinajstić information content (AvgIpc) is 2.58. The molecule has 1 aromatic heterocycles. The van der Waals surface area contributed by atoms with E-state index in [0.717, 1.165) is 67.2 Å². The lowest BCUT2D eigenvalue weighted by Gasteiger charge is -2.50. The summed E-state index contributed by atoms with van der Waals surface area (Å²) >= 11 is 6.17. The first kappa shape index (κ1) is 17.1. The Morgan fingerprint density at radius 1 is 1.24 bits per heavy atom. The van der Waals surface area contributed by atoms with E-state index in [0.29, 0.717) is 0 Å². The number of pyridine rings is 1. The van der Waals surface area contributed by atoms with Crippen LogP contribution in [0.25, 0.3) is 10.9 Å². The van der Waals surface area contributed by atoms with Crippen molar-refractivity contribution in [2.45, 2.75) is 32.3 Å². The van der Waals surface area contributed by atoms with Gasteiger partial charge in [-0.15, -0.1) is 0 Å². The molecule has 134 valence electrons. The van der Waals surface area contributed by atoms with Crippen molar-refractivity contribution in [3.05, 3.63) is 34.9 Å². The van der Waals surface area contributed by atoms with Gasteiger partial charge in [0.1, 0.15) is 5.82 Å². The molecule has 2 aliphatic heterocycles. The number of aromatic nitrogens is 1. The van der Waals surface area contributed by atoms with Crippen LogP contribution in [0.5, 0.6) is 0 Å². The molecule has 0 bridgehead atoms. The van der Waals surface area contributed by atoms with Gasteiger partial charge in [0.2, 0.25) is 0 Å². The number of halogens is 1. The Morgan fingerprint density at radius 2 is 2.08 bits per heavy atom. The zero-order valence-corrected chi connectivity index (χ0v) is 15.8. The minimum atomic E-state index is -0.220. The molecule has 4 nitrogen and oxygen atoms in total. The van der Waals surface area contributed by atoms with Crippen LogP contribution >= 0.6 is 11.6 Å². The van der Waals surface area contributed by atoms with Crippen LogP contribution in [0, 0.1) is 12.3 Å². The molecule has 1 N–H and O–H groups in total. The standard InChI is InChI=1S/C20H26ClN3O/c1-14-10-19(22-17-11-15(21)4-5-16(14)17)24-8-3-7-20(13-24)12-23(2)9-6-18(20)25/h4-5,10-11,18,25H,3,6-9,12-13H2,1-2H3/t18-,20-/m0/s1. The number of aliphatic hydroxyl groups is 1. The Labute approximate surface area is 154 Å². The number of piperidine rings is 2. The van der Waals surface area contributed by atoms with E-state index < -0.39 is 0 Å². The van der Waals surface area contributed by atoms with Crippen molar-refractivity contribution in [1.29, 1.82) is 0 Å². The van der Waals surface area contributed by atoms with Crippen molar-refractivity contribution in [1.82, 2.24) is 9.88 Å². The van der Waals surface area contributed by atoms with Crippen LogP contribution in [-0.2, 0) is 0 Å². The van der Waals surface area contributed by atoms with Crippen molar-refractivity contribution >= 4 is 28.3 Å². The van der Waals surface area contributed by atoms with Crippen LogP contribution in [0.3, 0.4) is 0 Å². The van der Waals surface area contributed by atoms with Gasteiger partial charge in [0.05, 0.1) is 11.6 Å². The molecule has 3 heterocycles. The Morgan fingerprint density at radius 3 is 2.92 bits per heavy atom. The maximum absolute atomic E-state index is 10.7. The lowest BCUT2D eigenvalue weighted by molar-refractivity contribution is -0.0466. The number of likely N-dealkylation sites (tertiary alicyclic amines) is 1. The zero-order chi connectivity index (χ0) is 17.6. The van der Waals surface area contributed by atoms with E-state index in [-0.39, 0.29) is 11.5 Å². The van der Waals surface area contributed by atoms with Gasteiger partial charge in [-0.1, -0.05) is 17.7 Å². The molecule has 4 rings (SSSR count). The Hall–Kier alpha value is -1.36. The minimum absolute atomic E-state index is 0.0376. The first-order valence-corrected chi connectivity index (χ1v) is 9.53. The van der Waals surface area contributed by atoms with Crippen molar-refractivity contribution in [3.8, 4) is 0 Å². The number of anilines is 1. The maximum Gasteiger partial charge on any atom is 0.129 e. The summed E-state index contributed by atoms with van der Waals surface area (Å²) < 4.78 is 0. The van der Waals surface area contributed by atoms with Gasteiger partial charge in [-0.05, 0) is 57.0 Å². The molecule has 2 aromatic rings. The largest absolute Gasteiger partial charge is 0.392 e. The highest BCUT2D eigenvalue weighted by Crippen LogP contribution is 2.40. The van der Waals surface area contributed by atoms with E-state index in [1.54, 1.807) is 0 Å². The number of aliphatic hydroxyl groups excluding tert-OH is 1. The summed E-state index contributed by atoms with van der Waals surface area (Å²) in [4.78, 5) is 9.61. The highest BCUT2D eigenvalue weighted by atomic mass is 35.5. The first-order valence-electron chi connectivity index (χ1n) is 9.15. The lowest BCUT2D eigenvalue weighted by Crippen LogP contribution is -2.58. The third kappa shape index (κ3) is 3.12. The quantitative estimate of drug-likeness (QED) is 0.846. The molecular weight excluding hydrogens is 334 g/mol. The van der Waals surface area contributed by atoms with Crippen LogP contribution < -0.4 is 4.90 Å². The van der Waals surface area contributed by atoms with Crippen molar-refractivity contribution in [3.63, 3.8) is 0 Å². The Kier molecular flexibility index (Phi) is 4.38. The molecule has 5 heteroatoms. The van der Waals surface area contributed by atoms with Gasteiger partial charge in [0, 0.05) is 42.0 Å². The molecule has 0 amide bonds. The third-order valence-electron chi connectivity index (χ3n) is 5.97. The van der Waals surface area contributed by atoms with Gasteiger partial charge < -0.3 is 14.9 Å². The molecular formula is C20H26ClN3O. The molecule has 0 aliphatic carbocycles. The normalized spacial score (nSPS) is 28.0. The molecule has 1 spiro atoms. The summed E-state index contributed by atoms with van der Waals surface area (Å²) in [6.45, 7) is 5.94. The number of benzene rings is 1. The minimum Gasteiger partial charge on any atom is -0.392 e. The van der Waals surface area contributed by atoms with Gasteiger partial charge in [-0.2, -0.15) is 0 Å². The maximum atomic E-state index is 10.7. The number of hydrogen-bond donors (Lipinski definition) is 1.